The van der Waals surface area contributed by atoms with E-state index in [-0.39, 0.29) is 18.2 Å². The summed E-state index contributed by atoms with van der Waals surface area (Å²) < 4.78 is 31.1. The fourth-order valence-corrected chi connectivity index (χ4v) is 4.60. The van der Waals surface area contributed by atoms with E-state index in [2.05, 4.69) is 10.5 Å². The summed E-state index contributed by atoms with van der Waals surface area (Å²) >= 11 is 0. The standard InChI is InChI=1S/C24H34FN3O4/c1-15-26-27-22(31-15)19-6-5-18(14-21(19)25)30-12-9-17-13-20(17)16-7-10-28(11-8-16)23(29)32-24(2,3)4/h5-6,14-17,20,26H,7-13H2,1-4H3. The molecule has 1 aromatic carbocycles. The smallest absolute Gasteiger partial charge is 0.410 e. The maximum absolute atomic E-state index is 14.4. The van der Waals surface area contributed by atoms with Gasteiger partial charge in [-0.3, -0.25) is 5.43 Å². The summed E-state index contributed by atoms with van der Waals surface area (Å²) in [5.41, 5.74) is 2.63. The van der Waals surface area contributed by atoms with Gasteiger partial charge in [-0.05, 0) is 83.3 Å². The van der Waals surface area contributed by atoms with E-state index in [4.69, 9.17) is 14.2 Å². The van der Waals surface area contributed by atoms with Crippen molar-refractivity contribution in [1.82, 2.24) is 10.3 Å². The zero-order valence-electron chi connectivity index (χ0n) is 19.4. The molecule has 2 fully saturated rings. The molecule has 0 bridgehead atoms. The van der Waals surface area contributed by atoms with Gasteiger partial charge in [-0.1, -0.05) is 0 Å². The molecule has 176 valence electrons. The number of hydrazone groups is 1. The average molecular weight is 448 g/mol. The molecular weight excluding hydrogens is 413 g/mol. The summed E-state index contributed by atoms with van der Waals surface area (Å²) in [6.07, 6.45) is 3.80. The van der Waals surface area contributed by atoms with E-state index in [1.807, 2.05) is 25.7 Å². The molecule has 1 aromatic rings. The van der Waals surface area contributed by atoms with E-state index < -0.39 is 11.4 Å². The molecule has 0 radical (unpaired) electrons. The molecule has 1 saturated heterocycles. The van der Waals surface area contributed by atoms with Crippen molar-refractivity contribution in [2.24, 2.45) is 22.9 Å². The Morgan fingerprint density at radius 1 is 1.31 bits per heavy atom. The van der Waals surface area contributed by atoms with E-state index in [1.165, 1.54) is 12.5 Å². The Labute approximate surface area is 189 Å². The normalized spacial score (nSPS) is 25.6. The molecule has 8 heteroatoms. The first kappa shape index (κ1) is 22.7. The van der Waals surface area contributed by atoms with Crippen molar-refractivity contribution < 1.29 is 23.4 Å². The highest BCUT2D eigenvalue weighted by molar-refractivity contribution is 5.95. The number of piperidine rings is 1. The molecule has 3 atom stereocenters. The topological polar surface area (TPSA) is 72.4 Å². The maximum Gasteiger partial charge on any atom is 0.410 e. The highest BCUT2D eigenvalue weighted by Gasteiger charge is 2.43. The number of rotatable bonds is 6. The van der Waals surface area contributed by atoms with Crippen LogP contribution in [-0.2, 0) is 9.47 Å². The van der Waals surface area contributed by atoms with Gasteiger partial charge in [0.2, 0.25) is 5.90 Å². The fourth-order valence-electron chi connectivity index (χ4n) is 4.60. The Hall–Kier alpha value is -2.51. The Morgan fingerprint density at radius 2 is 2.06 bits per heavy atom. The number of halogens is 1. The van der Waals surface area contributed by atoms with Gasteiger partial charge in [0.25, 0.3) is 0 Å². The fraction of sp³-hybridized carbons (Fsp3) is 0.667. The predicted octanol–water partition coefficient (Wildman–Crippen LogP) is 4.51. The van der Waals surface area contributed by atoms with Gasteiger partial charge in [-0.15, -0.1) is 5.10 Å². The summed E-state index contributed by atoms with van der Waals surface area (Å²) in [4.78, 5) is 14.1. The van der Waals surface area contributed by atoms with Crippen LogP contribution in [0.1, 0.15) is 58.9 Å². The van der Waals surface area contributed by atoms with Crippen LogP contribution in [0.5, 0.6) is 5.75 Å². The molecule has 1 amide bonds. The Morgan fingerprint density at radius 3 is 2.69 bits per heavy atom. The first-order valence-electron chi connectivity index (χ1n) is 11.6. The van der Waals surface area contributed by atoms with Crippen molar-refractivity contribution in [3.05, 3.63) is 29.6 Å². The zero-order chi connectivity index (χ0) is 22.9. The number of hydrogen-bond acceptors (Lipinski definition) is 6. The Kier molecular flexibility index (Phi) is 6.49. The molecule has 32 heavy (non-hydrogen) atoms. The highest BCUT2D eigenvalue weighted by atomic mass is 19.1. The van der Waals surface area contributed by atoms with Crippen molar-refractivity contribution in [3.63, 3.8) is 0 Å². The molecular formula is C24H34FN3O4. The molecule has 2 heterocycles. The molecule has 0 spiro atoms. The lowest BCUT2D eigenvalue weighted by Gasteiger charge is -2.33. The van der Waals surface area contributed by atoms with E-state index in [1.54, 1.807) is 19.1 Å². The number of amides is 1. The molecule has 4 rings (SSSR count). The van der Waals surface area contributed by atoms with Crippen molar-refractivity contribution in [1.29, 1.82) is 0 Å². The summed E-state index contributed by atoms with van der Waals surface area (Å²) in [5.74, 6) is 2.42. The van der Waals surface area contributed by atoms with Crippen molar-refractivity contribution in [3.8, 4) is 5.75 Å². The van der Waals surface area contributed by atoms with Crippen molar-refractivity contribution in [2.75, 3.05) is 19.7 Å². The van der Waals surface area contributed by atoms with E-state index in [0.29, 0.717) is 35.7 Å². The first-order valence-corrected chi connectivity index (χ1v) is 11.6. The van der Waals surface area contributed by atoms with E-state index in [0.717, 1.165) is 32.4 Å². The summed E-state index contributed by atoms with van der Waals surface area (Å²) in [5, 5.41) is 3.99. The van der Waals surface area contributed by atoms with Crippen LogP contribution in [0.3, 0.4) is 0 Å². The lowest BCUT2D eigenvalue weighted by molar-refractivity contribution is 0.0174. The molecule has 1 saturated carbocycles. The van der Waals surface area contributed by atoms with Crippen LogP contribution in [-0.4, -0.2) is 48.4 Å². The molecule has 2 aliphatic heterocycles. The maximum atomic E-state index is 14.4. The molecule has 7 nitrogen and oxygen atoms in total. The third-order valence-electron chi connectivity index (χ3n) is 6.34. The second kappa shape index (κ2) is 9.16. The van der Waals surface area contributed by atoms with Crippen LogP contribution >= 0.6 is 0 Å². The highest BCUT2D eigenvalue weighted by Crippen LogP contribution is 2.49. The van der Waals surface area contributed by atoms with Gasteiger partial charge in [0.05, 0.1) is 12.2 Å². The lowest BCUT2D eigenvalue weighted by atomic mass is 9.90. The average Bonchev–Trinajstić information content (AvgIpc) is 3.37. The second-order valence-electron chi connectivity index (χ2n) is 10.0. The predicted molar refractivity (Wildman–Crippen MR) is 119 cm³/mol. The van der Waals surface area contributed by atoms with Crippen LogP contribution in [0.4, 0.5) is 9.18 Å². The van der Waals surface area contributed by atoms with Crippen LogP contribution < -0.4 is 10.2 Å². The number of nitrogens with one attached hydrogen (secondary N) is 1. The SMILES string of the molecule is CC1NN=C(c2ccc(OCCC3CC3C3CCN(C(=O)OC(C)(C)C)CC3)cc2F)O1. The van der Waals surface area contributed by atoms with Gasteiger partial charge in [-0.2, -0.15) is 0 Å². The van der Waals surface area contributed by atoms with Crippen LogP contribution in [0.25, 0.3) is 0 Å². The minimum Gasteiger partial charge on any atom is -0.493 e. The number of ether oxygens (including phenoxy) is 3. The number of carbonyl (C=O) groups is 1. The second-order valence-corrected chi connectivity index (χ2v) is 10.0. The molecule has 1 aliphatic carbocycles. The third kappa shape index (κ3) is 5.64. The monoisotopic (exact) mass is 447 g/mol. The van der Waals surface area contributed by atoms with E-state index >= 15 is 0 Å². The number of nitrogens with zero attached hydrogens (tertiary/aromatic N) is 2. The molecule has 3 unspecified atom stereocenters. The van der Waals surface area contributed by atoms with Gasteiger partial charge in [0.15, 0.2) is 6.23 Å². The van der Waals surface area contributed by atoms with Crippen LogP contribution in [0.15, 0.2) is 23.3 Å². The van der Waals surface area contributed by atoms with Crippen LogP contribution in [0, 0.1) is 23.6 Å². The number of benzene rings is 1. The summed E-state index contributed by atoms with van der Waals surface area (Å²) in [6, 6.07) is 4.78. The van der Waals surface area contributed by atoms with Gasteiger partial charge in [0, 0.05) is 19.2 Å². The quantitative estimate of drug-likeness (QED) is 0.695. The lowest BCUT2D eigenvalue weighted by Crippen LogP contribution is -2.42. The molecule has 1 N–H and O–H groups in total. The zero-order valence-corrected chi connectivity index (χ0v) is 19.4. The Balaban J connectivity index is 1.17. The van der Waals surface area contributed by atoms with E-state index in [9.17, 15) is 9.18 Å². The minimum atomic E-state index is -0.451. The van der Waals surface area contributed by atoms with Gasteiger partial charge in [-0.25, -0.2) is 9.18 Å². The number of hydrogen-bond donors (Lipinski definition) is 1. The molecule has 3 aliphatic rings. The summed E-state index contributed by atoms with van der Waals surface area (Å²) in [7, 11) is 0. The van der Waals surface area contributed by atoms with Gasteiger partial charge < -0.3 is 19.1 Å². The van der Waals surface area contributed by atoms with Gasteiger partial charge in [0.1, 0.15) is 17.2 Å². The third-order valence-corrected chi connectivity index (χ3v) is 6.34. The number of likely N-dealkylation sites (tertiary alicyclic amines) is 1. The van der Waals surface area contributed by atoms with Crippen molar-refractivity contribution in [2.45, 2.75) is 65.2 Å². The summed E-state index contributed by atoms with van der Waals surface area (Å²) in [6.45, 7) is 9.62. The first-order chi connectivity index (χ1) is 15.2. The largest absolute Gasteiger partial charge is 0.493 e. The van der Waals surface area contributed by atoms with Crippen molar-refractivity contribution >= 4 is 12.0 Å². The Bertz CT molecular complexity index is 861. The van der Waals surface area contributed by atoms with Crippen LogP contribution in [0.2, 0.25) is 0 Å². The minimum absolute atomic E-state index is 0.202. The molecule has 0 aromatic heterocycles. The number of carbonyl (C=O) groups excluding carboxylic acids is 1. The van der Waals surface area contributed by atoms with Gasteiger partial charge >= 0.3 is 6.09 Å².